The number of hydrogen-bond acceptors (Lipinski definition) is 5. The van der Waals surface area contributed by atoms with E-state index in [-0.39, 0.29) is 12.2 Å². The molecule has 0 aromatic heterocycles. The highest BCUT2D eigenvalue weighted by molar-refractivity contribution is 7.98. The van der Waals surface area contributed by atoms with Gasteiger partial charge in [0.25, 0.3) is 0 Å². The van der Waals surface area contributed by atoms with Gasteiger partial charge in [0, 0.05) is 54.3 Å². The first kappa shape index (κ1) is 21.9. The lowest BCUT2D eigenvalue weighted by Crippen LogP contribution is -2.44. The summed E-state index contributed by atoms with van der Waals surface area (Å²) in [5.74, 6) is 0.983. The summed E-state index contributed by atoms with van der Waals surface area (Å²) in [7, 11) is 0. The maximum atomic E-state index is 12.3. The fourth-order valence-electron chi connectivity index (χ4n) is 4.21. The fourth-order valence-corrected chi connectivity index (χ4v) is 4.61. The Balaban J connectivity index is 1.40. The summed E-state index contributed by atoms with van der Waals surface area (Å²) in [6.45, 7) is 8.00. The summed E-state index contributed by atoms with van der Waals surface area (Å²) >= 11 is 1.76. The molecule has 1 amide bonds. The number of anilines is 2. The van der Waals surface area contributed by atoms with Crippen LogP contribution < -0.4 is 9.64 Å². The van der Waals surface area contributed by atoms with Crippen molar-refractivity contribution in [1.29, 1.82) is 0 Å². The minimum absolute atomic E-state index is 0.125. The average Bonchev–Trinajstić information content (AvgIpc) is 3.18. The third-order valence-corrected chi connectivity index (χ3v) is 6.50. The fraction of sp³-hybridized carbons (Fsp3) is 0.480. The molecule has 0 unspecified atom stereocenters. The van der Waals surface area contributed by atoms with Gasteiger partial charge in [-0.15, -0.1) is 11.8 Å². The minimum Gasteiger partial charge on any atom is -0.490 e. The Morgan fingerprint density at radius 3 is 2.39 bits per heavy atom. The Morgan fingerprint density at radius 2 is 1.74 bits per heavy atom. The lowest BCUT2D eigenvalue weighted by Gasteiger charge is -2.33. The highest BCUT2D eigenvalue weighted by Gasteiger charge is 2.29. The SMILES string of the molecule is CSc1ccc(N2CCc3c(OC4CCN(C(=O)OC(C)(C)C)CC4)cccc32)cc1. The lowest BCUT2D eigenvalue weighted by molar-refractivity contribution is 0.0126. The number of piperidine rings is 1. The Hall–Kier alpha value is -2.34. The minimum atomic E-state index is -0.462. The molecule has 5 nitrogen and oxygen atoms in total. The van der Waals surface area contributed by atoms with Crippen molar-refractivity contribution < 1.29 is 14.3 Å². The second-order valence-electron chi connectivity index (χ2n) is 9.14. The Bertz CT molecular complexity index is 915. The van der Waals surface area contributed by atoms with Crippen LogP contribution >= 0.6 is 11.8 Å². The van der Waals surface area contributed by atoms with E-state index in [1.54, 1.807) is 16.7 Å². The van der Waals surface area contributed by atoms with E-state index in [0.29, 0.717) is 13.1 Å². The van der Waals surface area contributed by atoms with Crippen molar-refractivity contribution in [1.82, 2.24) is 4.90 Å². The van der Waals surface area contributed by atoms with Gasteiger partial charge < -0.3 is 19.3 Å². The van der Waals surface area contributed by atoms with Crippen molar-refractivity contribution in [2.45, 2.75) is 56.6 Å². The maximum absolute atomic E-state index is 12.3. The summed E-state index contributed by atoms with van der Waals surface area (Å²) in [5.41, 5.74) is 3.28. The van der Waals surface area contributed by atoms with Gasteiger partial charge in [0.1, 0.15) is 17.5 Å². The van der Waals surface area contributed by atoms with Gasteiger partial charge in [0.2, 0.25) is 0 Å². The van der Waals surface area contributed by atoms with Crippen LogP contribution in [0, 0.1) is 0 Å². The van der Waals surface area contributed by atoms with E-state index in [0.717, 1.165) is 31.6 Å². The van der Waals surface area contributed by atoms with Crippen molar-refractivity contribution in [2.75, 3.05) is 30.8 Å². The van der Waals surface area contributed by atoms with Crippen LogP contribution in [0.25, 0.3) is 0 Å². The number of nitrogens with zero attached hydrogens (tertiary/aromatic N) is 2. The third-order valence-electron chi connectivity index (χ3n) is 5.76. The van der Waals surface area contributed by atoms with Crippen molar-refractivity contribution >= 4 is 29.2 Å². The number of amides is 1. The third kappa shape index (κ3) is 5.12. The molecule has 0 saturated carbocycles. The predicted octanol–water partition coefficient (Wildman–Crippen LogP) is 5.88. The summed E-state index contributed by atoms with van der Waals surface area (Å²) in [6, 6.07) is 15.1. The lowest BCUT2D eigenvalue weighted by atomic mass is 10.1. The average molecular weight is 441 g/mol. The number of rotatable bonds is 4. The zero-order valence-electron chi connectivity index (χ0n) is 18.9. The number of hydrogen-bond donors (Lipinski definition) is 0. The van der Waals surface area contributed by atoms with Gasteiger partial charge in [0.15, 0.2) is 0 Å². The molecule has 166 valence electrons. The van der Waals surface area contributed by atoms with Crippen molar-refractivity contribution in [3.8, 4) is 5.75 Å². The van der Waals surface area contributed by atoms with Crippen molar-refractivity contribution in [3.05, 3.63) is 48.0 Å². The molecule has 2 aromatic carbocycles. The predicted molar refractivity (Wildman–Crippen MR) is 127 cm³/mol. The summed E-state index contributed by atoms with van der Waals surface area (Å²) < 4.78 is 11.9. The Kier molecular flexibility index (Phi) is 6.37. The first-order valence-corrected chi connectivity index (χ1v) is 12.2. The van der Waals surface area contributed by atoms with Crippen LogP contribution in [0.15, 0.2) is 47.4 Å². The highest BCUT2D eigenvalue weighted by Crippen LogP contribution is 2.40. The first-order valence-electron chi connectivity index (χ1n) is 11.0. The highest BCUT2D eigenvalue weighted by atomic mass is 32.2. The molecule has 6 heteroatoms. The summed E-state index contributed by atoms with van der Waals surface area (Å²) in [4.78, 5) is 17.7. The molecule has 1 saturated heterocycles. The van der Waals surface area contributed by atoms with Crippen LogP contribution in [0.4, 0.5) is 16.2 Å². The Morgan fingerprint density at radius 1 is 1.03 bits per heavy atom. The molecule has 2 aliphatic heterocycles. The monoisotopic (exact) mass is 440 g/mol. The molecule has 0 aliphatic carbocycles. The van der Waals surface area contributed by atoms with E-state index in [4.69, 9.17) is 9.47 Å². The molecule has 2 heterocycles. The van der Waals surface area contributed by atoms with Gasteiger partial charge in [0.05, 0.1) is 0 Å². The van der Waals surface area contributed by atoms with Gasteiger partial charge in [-0.3, -0.25) is 0 Å². The van der Waals surface area contributed by atoms with Gasteiger partial charge >= 0.3 is 6.09 Å². The van der Waals surface area contributed by atoms with Crippen LogP contribution in [0.3, 0.4) is 0 Å². The molecule has 0 spiro atoms. The Labute approximate surface area is 189 Å². The molecular weight excluding hydrogens is 408 g/mol. The molecule has 2 aliphatic rings. The van der Waals surface area contributed by atoms with E-state index < -0.39 is 5.60 Å². The largest absolute Gasteiger partial charge is 0.490 e. The van der Waals surface area contributed by atoms with Crippen molar-refractivity contribution in [2.24, 2.45) is 0 Å². The van der Waals surface area contributed by atoms with Crippen LogP contribution in [0.2, 0.25) is 0 Å². The topological polar surface area (TPSA) is 42.0 Å². The van der Waals surface area contributed by atoms with Crippen LogP contribution in [0.5, 0.6) is 5.75 Å². The molecule has 0 bridgehead atoms. The number of likely N-dealkylation sites (tertiary alicyclic amines) is 1. The second kappa shape index (κ2) is 9.03. The van der Waals surface area contributed by atoms with Crippen LogP contribution in [-0.2, 0) is 11.2 Å². The van der Waals surface area contributed by atoms with E-state index in [1.807, 2.05) is 20.8 Å². The van der Waals surface area contributed by atoms with E-state index in [1.165, 1.54) is 21.8 Å². The first-order chi connectivity index (χ1) is 14.8. The quantitative estimate of drug-likeness (QED) is 0.555. The summed E-state index contributed by atoms with van der Waals surface area (Å²) in [6.07, 6.45) is 4.62. The van der Waals surface area contributed by atoms with E-state index in [9.17, 15) is 4.79 Å². The summed E-state index contributed by atoms with van der Waals surface area (Å²) in [5, 5.41) is 0. The van der Waals surface area contributed by atoms with Gasteiger partial charge in [-0.2, -0.15) is 0 Å². The molecule has 0 atom stereocenters. The number of carbonyl (C=O) groups is 1. The zero-order valence-corrected chi connectivity index (χ0v) is 19.7. The van der Waals surface area contributed by atoms with Gasteiger partial charge in [-0.05, 0) is 69.8 Å². The number of thioether (sulfide) groups is 1. The molecule has 31 heavy (non-hydrogen) atoms. The normalized spacial score (nSPS) is 16.9. The van der Waals surface area contributed by atoms with Crippen LogP contribution in [-0.4, -0.2) is 48.6 Å². The van der Waals surface area contributed by atoms with Gasteiger partial charge in [-0.25, -0.2) is 4.79 Å². The number of fused-ring (bicyclic) bond motifs is 1. The zero-order chi connectivity index (χ0) is 22.0. The number of benzene rings is 2. The van der Waals surface area contributed by atoms with E-state index >= 15 is 0 Å². The molecule has 0 radical (unpaired) electrons. The second-order valence-corrected chi connectivity index (χ2v) is 10.0. The number of ether oxygens (including phenoxy) is 2. The number of carbonyl (C=O) groups excluding carboxylic acids is 1. The smallest absolute Gasteiger partial charge is 0.410 e. The van der Waals surface area contributed by atoms with Crippen LogP contribution in [0.1, 0.15) is 39.2 Å². The molecule has 1 fully saturated rings. The molecular formula is C25H32N2O3S. The molecule has 2 aromatic rings. The maximum Gasteiger partial charge on any atom is 0.410 e. The van der Waals surface area contributed by atoms with E-state index in [2.05, 4.69) is 53.6 Å². The molecule has 0 N–H and O–H groups in total. The standard InChI is InChI=1S/C25H32N2O3S/c1-25(2,3)30-24(28)26-15-12-19(13-16-26)29-23-7-5-6-22-21(23)14-17-27(22)18-8-10-20(31-4)11-9-18/h5-11,19H,12-17H2,1-4H3. The van der Waals surface area contributed by atoms with Gasteiger partial charge in [-0.1, -0.05) is 6.07 Å². The molecule has 4 rings (SSSR count). The van der Waals surface area contributed by atoms with Crippen molar-refractivity contribution in [3.63, 3.8) is 0 Å².